The molecule has 0 aliphatic carbocycles. The lowest BCUT2D eigenvalue weighted by molar-refractivity contribution is 0.387. The van der Waals surface area contributed by atoms with Gasteiger partial charge in [-0.2, -0.15) is 0 Å². The second-order valence-corrected chi connectivity index (χ2v) is 5.45. The second kappa shape index (κ2) is 2.11. The van der Waals surface area contributed by atoms with Gasteiger partial charge in [-0.15, -0.1) is 0 Å². The van der Waals surface area contributed by atoms with Crippen molar-refractivity contribution in [3.63, 3.8) is 0 Å². The molecule has 0 rings (SSSR count). The minimum absolute atomic E-state index is 1.13. The first-order valence-corrected chi connectivity index (χ1v) is 4.99. The quantitative estimate of drug-likeness (QED) is 0.405. The van der Waals surface area contributed by atoms with Crippen molar-refractivity contribution in [1.29, 1.82) is 0 Å². The molecule has 0 aromatic heterocycles. The van der Waals surface area contributed by atoms with Crippen molar-refractivity contribution < 1.29 is 8.53 Å². The number of halogens is 3. The minimum atomic E-state index is -3.69. The summed E-state index contributed by atoms with van der Waals surface area (Å²) in [5.74, 6) is 0. The predicted octanol–water partition coefficient (Wildman–Crippen LogP) is 1.52. The molecule has 0 fully saturated rings. The average molecular weight is 149 g/mol. The highest BCUT2D eigenvalue weighted by Crippen LogP contribution is 2.14. The van der Waals surface area contributed by atoms with Crippen LogP contribution < -0.4 is 0 Å². The van der Waals surface area contributed by atoms with Gasteiger partial charge in [0.1, 0.15) is 0 Å². The van der Waals surface area contributed by atoms with Crippen LogP contribution in [0.2, 0.25) is 0 Å². The Morgan fingerprint density at radius 3 is 1.83 bits per heavy atom. The van der Waals surface area contributed by atoms with E-state index in [0.29, 0.717) is 0 Å². The third-order valence-corrected chi connectivity index (χ3v) is 1.62. The summed E-state index contributed by atoms with van der Waals surface area (Å²) in [5, 5.41) is 0. The van der Waals surface area contributed by atoms with Crippen LogP contribution in [-0.4, -0.2) is 14.4 Å². The zero-order valence-electron chi connectivity index (χ0n) is 3.04. The fourth-order valence-corrected chi connectivity index (χ4v) is 0. The molecule has 0 radical (unpaired) electrons. The highest BCUT2D eigenvalue weighted by molar-refractivity contribution is 7.39. The molecule has 0 aliphatic heterocycles. The molecule has 0 N–H and O–H groups in total. The van der Waals surface area contributed by atoms with E-state index in [9.17, 15) is 4.11 Å². The largest absolute Gasteiger partial charge is 0.589 e. The van der Waals surface area contributed by atoms with Gasteiger partial charge in [0.15, 0.2) is 0 Å². The van der Waals surface area contributed by atoms with E-state index in [1.165, 1.54) is 0 Å². The molecule has 0 unspecified atom stereocenters. The Morgan fingerprint density at radius 1 is 1.67 bits per heavy atom. The van der Waals surface area contributed by atoms with Crippen LogP contribution in [0.1, 0.15) is 0 Å². The maximum absolute atomic E-state index is 11.6. The number of hydrogen-bond acceptors (Lipinski definition) is 1. The zero-order chi connectivity index (χ0) is 5.21. The Bertz CT molecular complexity index is 43.3. The summed E-state index contributed by atoms with van der Waals surface area (Å²) in [6.45, 7) is 0. The van der Waals surface area contributed by atoms with E-state index in [2.05, 4.69) is 4.43 Å². The molecule has 0 saturated carbocycles. The van der Waals surface area contributed by atoms with E-state index in [1.807, 2.05) is 0 Å². The molecule has 5 heteroatoms. The summed E-state index contributed by atoms with van der Waals surface area (Å²) in [5.41, 5.74) is 0. The van der Waals surface area contributed by atoms with Gasteiger partial charge < -0.3 is 4.43 Å². The first-order chi connectivity index (χ1) is 2.56. The van der Waals surface area contributed by atoms with E-state index in [4.69, 9.17) is 22.2 Å². The lowest BCUT2D eigenvalue weighted by atomic mass is 11.8. The number of hydrogen-bond donors (Lipinski definition) is 0. The molecular formula is CH3Cl2FOSi. The molecule has 1 nitrogen and oxygen atoms in total. The van der Waals surface area contributed by atoms with Gasteiger partial charge in [-0.3, -0.25) is 0 Å². The molecule has 0 atom stereocenters. The van der Waals surface area contributed by atoms with E-state index in [-0.39, 0.29) is 0 Å². The Balaban J connectivity index is 3.17. The Kier molecular flexibility index (Phi) is 2.36. The molecule has 0 bridgehead atoms. The van der Waals surface area contributed by atoms with Crippen molar-refractivity contribution in [3.05, 3.63) is 0 Å². The van der Waals surface area contributed by atoms with Crippen LogP contribution in [-0.2, 0) is 4.43 Å². The maximum atomic E-state index is 11.6. The highest BCUT2D eigenvalue weighted by Gasteiger charge is 2.29. The third-order valence-electron chi connectivity index (χ3n) is 0.231. The standard InChI is InChI=1S/CH3Cl2FOSi/c1-5-6(2,3)4/h1H3. The molecule has 0 spiro atoms. The number of rotatable bonds is 1. The smallest absolute Gasteiger partial charge is 0.372 e. The topological polar surface area (TPSA) is 9.23 Å². The van der Waals surface area contributed by atoms with Gasteiger partial charge in [-0.25, -0.2) is 4.11 Å². The van der Waals surface area contributed by atoms with Crippen LogP contribution >= 0.6 is 22.2 Å². The molecular weight excluding hydrogens is 146 g/mol. The van der Waals surface area contributed by atoms with E-state index >= 15 is 0 Å². The van der Waals surface area contributed by atoms with Gasteiger partial charge in [0.25, 0.3) is 0 Å². The van der Waals surface area contributed by atoms with Gasteiger partial charge in [-0.1, -0.05) is 22.2 Å². The molecule has 0 heterocycles. The van der Waals surface area contributed by atoms with Crippen LogP contribution in [0, 0.1) is 0 Å². The minimum Gasteiger partial charge on any atom is -0.372 e. The second-order valence-electron chi connectivity index (χ2n) is 0.650. The van der Waals surface area contributed by atoms with Crippen LogP contribution in [0.25, 0.3) is 0 Å². The molecule has 0 aliphatic rings. The first kappa shape index (κ1) is 6.69. The maximum Gasteiger partial charge on any atom is 0.589 e. The Labute approximate surface area is 45.7 Å². The molecule has 0 amide bonds. The van der Waals surface area contributed by atoms with Crippen molar-refractivity contribution in [1.82, 2.24) is 0 Å². The first-order valence-electron chi connectivity index (χ1n) is 1.18. The fourth-order valence-electron chi connectivity index (χ4n) is 0. The molecule has 0 saturated heterocycles. The van der Waals surface area contributed by atoms with Gasteiger partial charge >= 0.3 is 7.27 Å². The van der Waals surface area contributed by atoms with Crippen molar-refractivity contribution in [3.8, 4) is 0 Å². The lowest BCUT2D eigenvalue weighted by Gasteiger charge is -1.96. The summed E-state index contributed by atoms with van der Waals surface area (Å²) in [6.07, 6.45) is 0. The van der Waals surface area contributed by atoms with Crippen molar-refractivity contribution in [2.75, 3.05) is 7.11 Å². The normalized spacial score (nSPS) is 12.0. The fraction of sp³-hybridized carbons (Fsp3) is 1.00. The Hall–Kier alpha value is 0.687. The summed E-state index contributed by atoms with van der Waals surface area (Å²) >= 11 is 9.47. The summed E-state index contributed by atoms with van der Waals surface area (Å²) in [4.78, 5) is 0. The Morgan fingerprint density at radius 2 is 1.83 bits per heavy atom. The van der Waals surface area contributed by atoms with Gasteiger partial charge in [0, 0.05) is 7.11 Å². The van der Waals surface area contributed by atoms with Gasteiger partial charge in [-0.05, 0) is 0 Å². The predicted molar refractivity (Wildman–Crippen MR) is 25.6 cm³/mol. The van der Waals surface area contributed by atoms with E-state index < -0.39 is 7.27 Å². The highest BCUT2D eigenvalue weighted by atomic mass is 35.7. The summed E-state index contributed by atoms with van der Waals surface area (Å²) < 4.78 is 15.5. The molecule has 6 heavy (non-hydrogen) atoms. The van der Waals surface area contributed by atoms with Crippen LogP contribution in [0.5, 0.6) is 0 Å². The molecule has 38 valence electrons. The van der Waals surface area contributed by atoms with E-state index in [0.717, 1.165) is 7.11 Å². The summed E-state index contributed by atoms with van der Waals surface area (Å²) in [7, 11) is -2.56. The average Bonchev–Trinajstić information content (AvgIpc) is 1.35. The zero-order valence-corrected chi connectivity index (χ0v) is 5.55. The third kappa shape index (κ3) is 4.69. The van der Waals surface area contributed by atoms with E-state index in [1.54, 1.807) is 0 Å². The summed E-state index contributed by atoms with van der Waals surface area (Å²) in [6, 6.07) is 0. The van der Waals surface area contributed by atoms with Crippen LogP contribution in [0.4, 0.5) is 4.11 Å². The lowest BCUT2D eigenvalue weighted by Crippen LogP contribution is -2.13. The van der Waals surface area contributed by atoms with Gasteiger partial charge in [0.05, 0.1) is 0 Å². The van der Waals surface area contributed by atoms with Crippen molar-refractivity contribution in [2.24, 2.45) is 0 Å². The SMILES string of the molecule is CO[Si](F)(Cl)Cl. The van der Waals surface area contributed by atoms with Gasteiger partial charge in [0.2, 0.25) is 0 Å². The monoisotopic (exact) mass is 148 g/mol. The van der Waals surface area contributed by atoms with Crippen LogP contribution in [0.3, 0.4) is 0 Å². The molecule has 0 aromatic rings. The van der Waals surface area contributed by atoms with Crippen LogP contribution in [0.15, 0.2) is 0 Å². The molecule has 0 aromatic carbocycles. The van der Waals surface area contributed by atoms with Crippen molar-refractivity contribution in [2.45, 2.75) is 0 Å². The van der Waals surface area contributed by atoms with Crippen molar-refractivity contribution >= 4 is 29.4 Å².